The molecule has 0 atom stereocenters. The van der Waals surface area contributed by atoms with Crippen LogP contribution in [0.2, 0.25) is 0 Å². The Labute approximate surface area is 177 Å². The van der Waals surface area contributed by atoms with Gasteiger partial charge in [-0.05, 0) is 50.8 Å². The van der Waals surface area contributed by atoms with Crippen molar-refractivity contribution in [2.45, 2.75) is 50.6 Å². The minimum Gasteiger partial charge on any atom is -0.382 e. The molecule has 156 valence electrons. The summed E-state index contributed by atoms with van der Waals surface area (Å²) in [4.78, 5) is 12.0. The monoisotopic (exact) mass is 404 g/mol. The van der Waals surface area contributed by atoms with Gasteiger partial charge in [0.2, 0.25) is 0 Å². The third-order valence-corrected chi connectivity index (χ3v) is 5.73. The van der Waals surface area contributed by atoms with Crippen LogP contribution in [0.15, 0.2) is 61.0 Å². The average Bonchev–Trinajstić information content (AvgIpc) is 3.19. The molecule has 7 nitrogen and oxygen atoms in total. The van der Waals surface area contributed by atoms with Gasteiger partial charge in [-0.25, -0.2) is 0 Å². The normalized spacial score (nSPS) is 21.5. The number of primary amides is 1. The Hall–Kier alpha value is -3.53. The Morgan fingerprint density at radius 3 is 2.67 bits per heavy atom. The van der Waals surface area contributed by atoms with Crippen molar-refractivity contribution in [1.29, 1.82) is 5.26 Å². The molecule has 1 aliphatic rings. The standard InChI is InChI=1S/C23H28N6O/c1-3-17(4-2)27-22-20(21(25)30)16-29(28-22)23(14-15-24)12-10-19(11-13-23)26-18-8-6-5-7-9-18/h3-9,16,19,26H,1,10-14H2,2H3,(H2,25,30)(H,27,28)/b17-4+. The van der Waals surface area contributed by atoms with Crippen molar-refractivity contribution in [3.63, 3.8) is 0 Å². The Balaban J connectivity index is 1.83. The van der Waals surface area contributed by atoms with Gasteiger partial charge in [-0.2, -0.15) is 10.4 Å². The molecule has 3 rings (SSSR count). The summed E-state index contributed by atoms with van der Waals surface area (Å²) in [5, 5.41) is 20.8. The number of carbonyl (C=O) groups excluding carboxylic acids is 1. The van der Waals surface area contributed by atoms with E-state index in [0.717, 1.165) is 37.1 Å². The number of benzene rings is 1. The summed E-state index contributed by atoms with van der Waals surface area (Å²) < 4.78 is 1.77. The molecular formula is C23H28N6O. The zero-order valence-corrected chi connectivity index (χ0v) is 17.3. The van der Waals surface area contributed by atoms with E-state index in [-0.39, 0.29) is 0 Å². The molecule has 7 heteroatoms. The van der Waals surface area contributed by atoms with Gasteiger partial charge in [0, 0.05) is 23.6 Å². The molecule has 2 aromatic rings. The number of anilines is 2. The fourth-order valence-corrected chi connectivity index (χ4v) is 3.97. The van der Waals surface area contributed by atoms with E-state index in [4.69, 9.17) is 5.73 Å². The Morgan fingerprint density at radius 2 is 2.10 bits per heavy atom. The summed E-state index contributed by atoms with van der Waals surface area (Å²) in [6.07, 6.45) is 8.84. The van der Waals surface area contributed by atoms with Gasteiger partial charge in [0.25, 0.3) is 5.91 Å². The third-order valence-electron chi connectivity index (χ3n) is 5.73. The second kappa shape index (κ2) is 9.31. The summed E-state index contributed by atoms with van der Waals surface area (Å²) in [5.74, 6) is -0.174. The number of aromatic nitrogens is 2. The van der Waals surface area contributed by atoms with E-state index in [9.17, 15) is 10.1 Å². The van der Waals surface area contributed by atoms with Crippen LogP contribution in [0.25, 0.3) is 0 Å². The molecule has 4 N–H and O–H groups in total. The van der Waals surface area contributed by atoms with Crippen molar-refractivity contribution >= 4 is 17.4 Å². The largest absolute Gasteiger partial charge is 0.382 e. The molecule has 0 aliphatic heterocycles. The number of nitrogens with one attached hydrogen (secondary N) is 2. The van der Waals surface area contributed by atoms with Crippen molar-refractivity contribution < 1.29 is 4.79 Å². The van der Waals surface area contributed by atoms with Crippen LogP contribution in [0.4, 0.5) is 11.5 Å². The van der Waals surface area contributed by atoms with Gasteiger partial charge in [0.1, 0.15) is 5.56 Å². The van der Waals surface area contributed by atoms with Crippen molar-refractivity contribution in [2.24, 2.45) is 5.73 Å². The second-order valence-corrected chi connectivity index (χ2v) is 7.62. The molecular weight excluding hydrogens is 376 g/mol. The molecule has 1 heterocycles. The van der Waals surface area contributed by atoms with Crippen molar-refractivity contribution in [3.8, 4) is 6.07 Å². The van der Waals surface area contributed by atoms with Crippen LogP contribution >= 0.6 is 0 Å². The first-order valence-corrected chi connectivity index (χ1v) is 10.2. The number of hydrogen-bond acceptors (Lipinski definition) is 5. The van der Waals surface area contributed by atoms with Gasteiger partial charge in [-0.15, -0.1) is 0 Å². The van der Waals surface area contributed by atoms with Crippen LogP contribution in [0.3, 0.4) is 0 Å². The quantitative estimate of drug-likeness (QED) is 0.573. The zero-order chi connectivity index (χ0) is 21.6. The lowest BCUT2D eigenvalue weighted by Gasteiger charge is -2.39. The highest BCUT2D eigenvalue weighted by Crippen LogP contribution is 2.39. The number of nitrogens with zero attached hydrogens (tertiary/aromatic N) is 3. The fourth-order valence-electron chi connectivity index (χ4n) is 3.97. The van der Waals surface area contributed by atoms with E-state index in [1.54, 1.807) is 17.0 Å². The SMILES string of the molecule is C=C/C(=C\C)Nc1nn(C2(CC#N)CCC(Nc3ccccc3)CC2)cc1C(N)=O. The maximum absolute atomic E-state index is 12.0. The molecule has 1 aliphatic carbocycles. The van der Waals surface area contributed by atoms with Crippen molar-refractivity contribution in [3.05, 3.63) is 66.5 Å². The topological polar surface area (TPSA) is 109 Å². The van der Waals surface area contributed by atoms with Crippen LogP contribution in [0, 0.1) is 11.3 Å². The number of allylic oxidation sites excluding steroid dienone is 2. The summed E-state index contributed by atoms with van der Waals surface area (Å²) >= 11 is 0. The van der Waals surface area contributed by atoms with Crippen LogP contribution in [0.1, 0.15) is 49.4 Å². The minimum absolute atomic E-state index is 0.304. The van der Waals surface area contributed by atoms with Crippen LogP contribution in [0.5, 0.6) is 0 Å². The zero-order valence-electron chi connectivity index (χ0n) is 17.3. The second-order valence-electron chi connectivity index (χ2n) is 7.62. The van der Waals surface area contributed by atoms with E-state index in [0.29, 0.717) is 23.8 Å². The number of para-hydroxylation sites is 1. The van der Waals surface area contributed by atoms with Gasteiger partial charge in [0.15, 0.2) is 5.82 Å². The lowest BCUT2D eigenvalue weighted by atomic mass is 9.77. The average molecular weight is 405 g/mol. The Kier molecular flexibility index (Phi) is 6.58. The predicted molar refractivity (Wildman–Crippen MR) is 119 cm³/mol. The molecule has 1 fully saturated rings. The van der Waals surface area contributed by atoms with E-state index < -0.39 is 11.4 Å². The molecule has 0 spiro atoms. The number of hydrogen-bond donors (Lipinski definition) is 3. The van der Waals surface area contributed by atoms with E-state index in [2.05, 4.69) is 40.5 Å². The Morgan fingerprint density at radius 1 is 1.40 bits per heavy atom. The first-order chi connectivity index (χ1) is 14.5. The molecule has 0 unspecified atom stereocenters. The highest BCUT2D eigenvalue weighted by molar-refractivity contribution is 5.97. The molecule has 0 saturated heterocycles. The van der Waals surface area contributed by atoms with Gasteiger partial charge < -0.3 is 16.4 Å². The molecule has 30 heavy (non-hydrogen) atoms. The molecule has 1 amide bonds. The van der Waals surface area contributed by atoms with Gasteiger partial charge in [-0.3, -0.25) is 9.48 Å². The van der Waals surface area contributed by atoms with Gasteiger partial charge >= 0.3 is 0 Å². The minimum atomic E-state index is -0.560. The van der Waals surface area contributed by atoms with Gasteiger partial charge in [-0.1, -0.05) is 30.9 Å². The van der Waals surface area contributed by atoms with E-state index in [1.807, 2.05) is 31.2 Å². The lowest BCUT2D eigenvalue weighted by Crippen LogP contribution is -2.41. The first kappa shape index (κ1) is 21.2. The maximum Gasteiger partial charge on any atom is 0.254 e. The predicted octanol–water partition coefficient (Wildman–Crippen LogP) is 4.15. The van der Waals surface area contributed by atoms with E-state index >= 15 is 0 Å². The van der Waals surface area contributed by atoms with Crippen LogP contribution in [-0.4, -0.2) is 21.7 Å². The lowest BCUT2D eigenvalue weighted by molar-refractivity contribution is 0.100. The highest BCUT2D eigenvalue weighted by atomic mass is 16.1. The number of nitriles is 1. The third kappa shape index (κ3) is 4.54. The number of nitrogens with two attached hydrogens (primary N) is 1. The van der Waals surface area contributed by atoms with Crippen LogP contribution in [-0.2, 0) is 5.54 Å². The number of carbonyl (C=O) groups is 1. The summed E-state index contributed by atoms with van der Waals surface area (Å²) in [6.45, 7) is 5.62. The summed E-state index contributed by atoms with van der Waals surface area (Å²) in [7, 11) is 0. The molecule has 0 radical (unpaired) electrons. The smallest absolute Gasteiger partial charge is 0.254 e. The number of rotatable bonds is 8. The highest BCUT2D eigenvalue weighted by Gasteiger charge is 2.38. The number of amides is 1. The molecule has 1 saturated carbocycles. The van der Waals surface area contributed by atoms with Gasteiger partial charge in [0.05, 0.1) is 18.0 Å². The van der Waals surface area contributed by atoms with Crippen molar-refractivity contribution in [2.75, 3.05) is 10.6 Å². The van der Waals surface area contributed by atoms with Crippen LogP contribution < -0.4 is 16.4 Å². The fraction of sp³-hybridized carbons (Fsp3) is 0.348. The molecule has 1 aromatic heterocycles. The molecule has 1 aromatic carbocycles. The van der Waals surface area contributed by atoms with Crippen molar-refractivity contribution in [1.82, 2.24) is 9.78 Å². The molecule has 0 bridgehead atoms. The van der Waals surface area contributed by atoms with E-state index in [1.165, 1.54) is 0 Å². The Bertz CT molecular complexity index is 961. The first-order valence-electron chi connectivity index (χ1n) is 10.2. The summed E-state index contributed by atoms with van der Waals surface area (Å²) in [5.41, 5.74) is 7.26. The maximum atomic E-state index is 12.0. The summed E-state index contributed by atoms with van der Waals surface area (Å²) in [6, 6.07) is 12.8.